The normalized spacial score (nSPS) is 18.4. The number of halogens is 1. The van der Waals surface area contributed by atoms with E-state index in [4.69, 9.17) is 26.2 Å². The molecule has 0 aliphatic carbocycles. The number of ether oxygens (including phenoxy) is 1. The highest BCUT2D eigenvalue weighted by Gasteiger charge is 2.45. The number of carbonyl (C=O) groups is 2. The summed E-state index contributed by atoms with van der Waals surface area (Å²) >= 11 is 6.35. The summed E-state index contributed by atoms with van der Waals surface area (Å²) in [5.41, 5.74) is 2.91. The molecule has 2 atom stereocenters. The van der Waals surface area contributed by atoms with Crippen molar-refractivity contribution >= 4 is 39.4 Å². The Labute approximate surface area is 312 Å². The average molecular weight is 753 g/mol. The lowest BCUT2D eigenvalue weighted by Gasteiger charge is -2.39. The summed E-state index contributed by atoms with van der Waals surface area (Å²) in [6.07, 6.45) is 0. The molecular formula is C38H49ClN6O6S. The van der Waals surface area contributed by atoms with Crippen molar-refractivity contribution in [1.82, 2.24) is 24.5 Å². The molecule has 0 saturated carbocycles. The maximum atomic E-state index is 15.0. The fourth-order valence-corrected chi connectivity index (χ4v) is 8.26. The second-order valence-corrected chi connectivity index (χ2v) is 16.3. The van der Waals surface area contributed by atoms with E-state index < -0.39 is 27.6 Å². The van der Waals surface area contributed by atoms with Crippen LogP contribution >= 0.6 is 11.6 Å². The quantitative estimate of drug-likeness (QED) is 0.262. The zero-order valence-corrected chi connectivity index (χ0v) is 32.7. The molecule has 52 heavy (non-hydrogen) atoms. The topological polar surface area (TPSA) is 124 Å². The van der Waals surface area contributed by atoms with Gasteiger partial charge in [-0.2, -0.15) is 0 Å². The van der Waals surface area contributed by atoms with Gasteiger partial charge < -0.3 is 9.64 Å². The standard InChI is InChI=1S/C38H49ClN6O6S/c1-9-51-31-22-26(3)32(52(48,49)41-38(4,5)6)23-30(31)36-40-34(27-12-10-25(2)11-13-27)35(28-14-16-29(39)17-15-28)45(36)37(47)44-20-18-43(19-21-44)24-33(46)42(7)50-8/h10-17,22-23,34-35,41H,9,18-21,24H2,1-8H3/t34-,35+/m0/s1. The fraction of sp³-hybridized carbons (Fsp3) is 0.447. The number of hydrogen-bond acceptors (Lipinski definition) is 8. The molecule has 0 aromatic heterocycles. The van der Waals surface area contributed by atoms with Gasteiger partial charge in [-0.25, -0.2) is 23.0 Å². The summed E-state index contributed by atoms with van der Waals surface area (Å²) in [5, 5.41) is 1.74. The number of likely N-dealkylation sites (N-methyl/N-ethyl adjacent to an activating group) is 1. The molecule has 14 heteroatoms. The van der Waals surface area contributed by atoms with Gasteiger partial charge >= 0.3 is 6.03 Å². The SMILES string of the molecule is CCOc1cc(C)c(S(=O)(=O)NC(C)(C)C)cc1C1=N[C@@H](c2ccc(C)cc2)[C@@H](c2ccc(Cl)cc2)N1C(=O)N1CCN(CC(=O)N(C)OC)CC1. The van der Waals surface area contributed by atoms with E-state index in [9.17, 15) is 13.2 Å². The summed E-state index contributed by atoms with van der Waals surface area (Å²) in [6.45, 7) is 13.1. The van der Waals surface area contributed by atoms with Crippen LogP contribution in [0.25, 0.3) is 0 Å². The fourth-order valence-electron chi connectivity index (χ4n) is 6.46. The Morgan fingerprint density at radius 2 is 1.60 bits per heavy atom. The van der Waals surface area contributed by atoms with E-state index in [1.54, 1.807) is 68.8 Å². The predicted octanol–water partition coefficient (Wildman–Crippen LogP) is 5.73. The van der Waals surface area contributed by atoms with Crippen LogP contribution in [0.1, 0.15) is 67.6 Å². The van der Waals surface area contributed by atoms with Crippen LogP contribution in [-0.4, -0.2) is 105 Å². The molecule has 1 fully saturated rings. The Hall–Kier alpha value is -4.01. The Bertz CT molecular complexity index is 1910. The minimum atomic E-state index is -3.99. The number of benzene rings is 3. The van der Waals surface area contributed by atoms with E-state index in [1.807, 2.05) is 55.1 Å². The zero-order valence-electron chi connectivity index (χ0n) is 31.1. The zero-order chi connectivity index (χ0) is 38.0. The molecule has 0 radical (unpaired) electrons. The molecular weight excluding hydrogens is 704 g/mol. The Kier molecular flexibility index (Phi) is 12.0. The van der Waals surface area contributed by atoms with Gasteiger partial charge in [0.05, 0.1) is 36.8 Å². The number of aliphatic imine (C=N–C) groups is 1. The number of aryl methyl sites for hydroxylation is 2. The van der Waals surface area contributed by atoms with E-state index in [-0.39, 0.29) is 23.4 Å². The number of hydroxylamine groups is 2. The number of rotatable bonds is 10. The lowest BCUT2D eigenvalue weighted by molar-refractivity contribution is -0.170. The molecule has 1 saturated heterocycles. The van der Waals surface area contributed by atoms with Gasteiger partial charge in [-0.15, -0.1) is 0 Å². The monoisotopic (exact) mass is 752 g/mol. The summed E-state index contributed by atoms with van der Waals surface area (Å²) < 4.78 is 36.6. The van der Waals surface area contributed by atoms with Crippen LogP contribution < -0.4 is 9.46 Å². The number of amides is 3. The van der Waals surface area contributed by atoms with Crippen molar-refractivity contribution < 1.29 is 27.6 Å². The van der Waals surface area contributed by atoms with Gasteiger partial charge in [-0.3, -0.25) is 24.4 Å². The van der Waals surface area contributed by atoms with Gasteiger partial charge in [0.1, 0.15) is 17.6 Å². The highest BCUT2D eigenvalue weighted by molar-refractivity contribution is 7.89. The summed E-state index contributed by atoms with van der Waals surface area (Å²) in [4.78, 5) is 43.4. The highest BCUT2D eigenvalue weighted by Crippen LogP contribution is 2.46. The second kappa shape index (κ2) is 15.9. The Morgan fingerprint density at radius 3 is 2.17 bits per heavy atom. The van der Waals surface area contributed by atoms with Gasteiger partial charge in [-0.1, -0.05) is 53.6 Å². The largest absolute Gasteiger partial charge is 0.493 e. The van der Waals surface area contributed by atoms with Crippen LogP contribution in [0.4, 0.5) is 4.79 Å². The summed E-state index contributed by atoms with van der Waals surface area (Å²) in [6, 6.07) is 17.2. The summed E-state index contributed by atoms with van der Waals surface area (Å²) in [7, 11) is -0.986. The lowest BCUT2D eigenvalue weighted by Crippen LogP contribution is -2.55. The van der Waals surface area contributed by atoms with Gasteiger partial charge in [0.2, 0.25) is 10.0 Å². The third-order valence-corrected chi connectivity index (χ3v) is 11.2. The molecule has 3 aromatic rings. The maximum Gasteiger partial charge on any atom is 0.326 e. The molecule has 12 nitrogen and oxygen atoms in total. The van der Waals surface area contributed by atoms with E-state index in [0.29, 0.717) is 60.5 Å². The van der Waals surface area contributed by atoms with Gasteiger partial charge in [0.25, 0.3) is 5.91 Å². The van der Waals surface area contributed by atoms with Crippen molar-refractivity contribution in [2.45, 2.75) is 64.1 Å². The number of sulfonamides is 1. The Morgan fingerprint density at radius 1 is 0.981 bits per heavy atom. The number of amidine groups is 1. The number of hydrogen-bond donors (Lipinski definition) is 1. The first kappa shape index (κ1) is 39.2. The minimum Gasteiger partial charge on any atom is -0.493 e. The van der Waals surface area contributed by atoms with E-state index in [1.165, 1.54) is 12.2 Å². The molecule has 0 spiro atoms. The van der Waals surface area contributed by atoms with Crippen molar-refractivity contribution in [3.63, 3.8) is 0 Å². The van der Waals surface area contributed by atoms with Gasteiger partial charge in [0, 0.05) is 43.8 Å². The van der Waals surface area contributed by atoms with Gasteiger partial charge in [0.15, 0.2) is 0 Å². The van der Waals surface area contributed by atoms with Crippen molar-refractivity contribution in [2.24, 2.45) is 4.99 Å². The Balaban J connectivity index is 1.66. The molecule has 2 aliphatic rings. The third kappa shape index (κ3) is 8.78. The maximum absolute atomic E-state index is 15.0. The number of nitrogens with zero attached hydrogens (tertiary/aromatic N) is 5. The van der Waals surface area contributed by atoms with E-state index in [0.717, 1.165) is 16.7 Å². The molecule has 280 valence electrons. The van der Waals surface area contributed by atoms with Crippen LogP contribution in [0.2, 0.25) is 5.02 Å². The van der Waals surface area contributed by atoms with E-state index in [2.05, 4.69) is 4.72 Å². The first-order valence-electron chi connectivity index (χ1n) is 17.4. The smallest absolute Gasteiger partial charge is 0.326 e. The minimum absolute atomic E-state index is 0.0668. The molecule has 5 rings (SSSR count). The predicted molar refractivity (Wildman–Crippen MR) is 202 cm³/mol. The van der Waals surface area contributed by atoms with Crippen LogP contribution in [-0.2, 0) is 19.7 Å². The lowest BCUT2D eigenvalue weighted by atomic mass is 9.93. The average Bonchev–Trinajstić information content (AvgIpc) is 3.48. The summed E-state index contributed by atoms with van der Waals surface area (Å²) in [5.74, 6) is 0.524. The third-order valence-electron chi connectivity index (χ3n) is 9.08. The first-order chi connectivity index (χ1) is 24.5. The molecule has 3 aromatic carbocycles. The van der Waals surface area contributed by atoms with Crippen LogP contribution in [0.5, 0.6) is 5.75 Å². The molecule has 0 unspecified atom stereocenters. The molecule has 2 aliphatic heterocycles. The van der Waals surface area contributed by atoms with Crippen molar-refractivity contribution in [2.75, 3.05) is 53.5 Å². The second-order valence-electron chi connectivity index (χ2n) is 14.2. The first-order valence-corrected chi connectivity index (χ1v) is 19.2. The van der Waals surface area contributed by atoms with Gasteiger partial charge in [-0.05, 0) is 82.5 Å². The van der Waals surface area contributed by atoms with Crippen molar-refractivity contribution in [1.29, 1.82) is 0 Å². The number of nitrogens with one attached hydrogen (secondary N) is 1. The van der Waals surface area contributed by atoms with Crippen LogP contribution in [0.15, 0.2) is 70.6 Å². The number of urea groups is 1. The number of piperazine rings is 1. The molecule has 2 heterocycles. The van der Waals surface area contributed by atoms with Crippen LogP contribution in [0.3, 0.4) is 0 Å². The molecule has 3 amide bonds. The molecule has 1 N–H and O–H groups in total. The van der Waals surface area contributed by atoms with E-state index >= 15 is 4.79 Å². The van der Waals surface area contributed by atoms with Crippen molar-refractivity contribution in [3.05, 3.63) is 93.5 Å². The van der Waals surface area contributed by atoms with Crippen molar-refractivity contribution in [3.8, 4) is 5.75 Å². The highest BCUT2D eigenvalue weighted by atomic mass is 35.5. The number of carbonyl (C=O) groups excluding carboxylic acids is 2. The van der Waals surface area contributed by atoms with Crippen LogP contribution in [0, 0.1) is 13.8 Å². The molecule has 0 bridgehead atoms.